The van der Waals surface area contributed by atoms with Gasteiger partial charge in [0.1, 0.15) is 12.4 Å². The molecule has 176 valence electrons. The van der Waals surface area contributed by atoms with E-state index in [2.05, 4.69) is 10.4 Å². The quantitative estimate of drug-likeness (QED) is 0.255. The van der Waals surface area contributed by atoms with E-state index in [0.717, 1.165) is 23.8 Å². The Bertz CT molecular complexity index is 1220. The number of rotatable bonds is 6. The molecule has 0 saturated carbocycles. The van der Waals surface area contributed by atoms with Crippen LogP contribution >= 0.6 is 23.2 Å². The fourth-order valence-electron chi connectivity index (χ4n) is 2.62. The number of ether oxygens (including phenoxy) is 1. The van der Waals surface area contributed by atoms with E-state index in [9.17, 15) is 22.8 Å². The molecule has 0 bridgehead atoms. The Labute approximate surface area is 202 Å². The van der Waals surface area contributed by atoms with E-state index in [-0.39, 0.29) is 12.3 Å². The number of nitrogens with zero attached hydrogens (tertiary/aromatic N) is 1. The van der Waals surface area contributed by atoms with Crippen LogP contribution in [0.15, 0.2) is 71.8 Å². The van der Waals surface area contributed by atoms with Gasteiger partial charge in [-0.25, -0.2) is 5.43 Å². The summed E-state index contributed by atoms with van der Waals surface area (Å²) in [4.78, 5) is 23.7. The van der Waals surface area contributed by atoms with Gasteiger partial charge >= 0.3 is 18.0 Å². The first kappa shape index (κ1) is 25.1. The minimum Gasteiger partial charge on any atom is -0.489 e. The van der Waals surface area contributed by atoms with Crippen molar-refractivity contribution in [2.24, 2.45) is 5.10 Å². The van der Waals surface area contributed by atoms with Crippen LogP contribution in [0.25, 0.3) is 0 Å². The first-order valence-corrected chi connectivity index (χ1v) is 10.4. The predicted molar refractivity (Wildman–Crippen MR) is 123 cm³/mol. The molecule has 2 N–H and O–H groups in total. The highest BCUT2D eigenvalue weighted by Crippen LogP contribution is 2.30. The molecular weight excluding hydrogens is 494 g/mol. The summed E-state index contributed by atoms with van der Waals surface area (Å²) in [5.41, 5.74) is 2.32. The van der Waals surface area contributed by atoms with Gasteiger partial charge in [-0.15, -0.1) is 0 Å². The van der Waals surface area contributed by atoms with Crippen molar-refractivity contribution in [2.75, 3.05) is 5.32 Å². The van der Waals surface area contributed by atoms with Gasteiger partial charge in [-0.3, -0.25) is 9.59 Å². The number of benzene rings is 3. The number of amides is 2. The molecule has 3 aromatic rings. The first-order valence-electron chi connectivity index (χ1n) is 9.60. The van der Waals surface area contributed by atoms with E-state index in [0.29, 0.717) is 21.4 Å². The highest BCUT2D eigenvalue weighted by atomic mass is 35.5. The van der Waals surface area contributed by atoms with Crippen molar-refractivity contribution in [3.05, 3.63) is 93.5 Å². The number of carbonyl (C=O) groups excluding carboxylic acids is 2. The van der Waals surface area contributed by atoms with E-state index in [1.165, 1.54) is 12.3 Å². The van der Waals surface area contributed by atoms with Crippen molar-refractivity contribution < 1.29 is 27.5 Å². The van der Waals surface area contributed by atoms with Crippen LogP contribution in [0, 0.1) is 0 Å². The average molecular weight is 510 g/mol. The molecule has 2 amide bonds. The lowest BCUT2D eigenvalue weighted by atomic mass is 10.2. The Morgan fingerprint density at radius 1 is 0.941 bits per heavy atom. The maximum Gasteiger partial charge on any atom is 0.416 e. The van der Waals surface area contributed by atoms with E-state index in [1.54, 1.807) is 42.5 Å². The molecule has 0 aliphatic heterocycles. The molecule has 6 nitrogen and oxygen atoms in total. The van der Waals surface area contributed by atoms with Crippen LogP contribution in [-0.2, 0) is 22.4 Å². The number of hydrogen-bond acceptors (Lipinski definition) is 4. The molecule has 0 atom stereocenters. The Morgan fingerprint density at radius 3 is 2.35 bits per heavy atom. The van der Waals surface area contributed by atoms with Crippen LogP contribution in [0.5, 0.6) is 5.75 Å². The Kier molecular flexibility index (Phi) is 8.14. The Morgan fingerprint density at radius 2 is 1.68 bits per heavy atom. The topological polar surface area (TPSA) is 79.8 Å². The highest BCUT2D eigenvalue weighted by Gasteiger charge is 2.30. The molecule has 11 heteroatoms. The van der Waals surface area contributed by atoms with E-state index >= 15 is 0 Å². The molecular formula is C23H16Cl2F3N3O3. The van der Waals surface area contributed by atoms with Crippen molar-refractivity contribution in [3.63, 3.8) is 0 Å². The summed E-state index contributed by atoms with van der Waals surface area (Å²) in [6.45, 7) is 0.279. The lowest BCUT2D eigenvalue weighted by Crippen LogP contribution is -2.32. The molecule has 0 unspecified atom stereocenters. The molecule has 0 heterocycles. The fourth-order valence-corrected chi connectivity index (χ4v) is 2.94. The van der Waals surface area contributed by atoms with Gasteiger partial charge in [-0.1, -0.05) is 35.3 Å². The molecule has 34 heavy (non-hydrogen) atoms. The first-order chi connectivity index (χ1) is 16.1. The number of hydrazone groups is 1. The molecule has 3 rings (SSSR count). The number of hydrogen-bond donors (Lipinski definition) is 2. The number of anilines is 1. The zero-order chi connectivity index (χ0) is 24.7. The van der Waals surface area contributed by atoms with Crippen molar-refractivity contribution in [1.29, 1.82) is 0 Å². The number of halogens is 5. The molecule has 3 aromatic carbocycles. The van der Waals surface area contributed by atoms with Gasteiger partial charge in [-0.05, 0) is 65.7 Å². The molecule has 0 saturated heterocycles. The smallest absolute Gasteiger partial charge is 0.416 e. The lowest BCUT2D eigenvalue weighted by molar-refractivity contribution is -0.137. The third-order valence-corrected chi connectivity index (χ3v) is 5.04. The number of carbonyl (C=O) groups is 2. The van der Waals surface area contributed by atoms with Gasteiger partial charge in [0.25, 0.3) is 0 Å². The van der Waals surface area contributed by atoms with Crippen LogP contribution in [-0.4, -0.2) is 18.0 Å². The molecule has 0 aliphatic rings. The van der Waals surface area contributed by atoms with Crippen LogP contribution in [0.3, 0.4) is 0 Å². The Hall–Kier alpha value is -3.56. The van der Waals surface area contributed by atoms with E-state index < -0.39 is 23.6 Å². The second-order valence-corrected chi connectivity index (χ2v) is 7.65. The minimum atomic E-state index is -4.57. The minimum absolute atomic E-state index is 0.171. The van der Waals surface area contributed by atoms with Crippen molar-refractivity contribution in [3.8, 4) is 5.75 Å². The summed E-state index contributed by atoms with van der Waals surface area (Å²) in [7, 11) is 0. The lowest BCUT2D eigenvalue weighted by Gasteiger charge is -2.09. The third kappa shape index (κ3) is 7.23. The highest BCUT2D eigenvalue weighted by molar-refractivity contribution is 6.42. The summed E-state index contributed by atoms with van der Waals surface area (Å²) in [6.07, 6.45) is -3.28. The van der Waals surface area contributed by atoms with E-state index in [4.69, 9.17) is 27.9 Å². The summed E-state index contributed by atoms with van der Waals surface area (Å²) in [5, 5.41) is 6.64. The molecule has 0 radical (unpaired) electrons. The van der Waals surface area contributed by atoms with Crippen LogP contribution in [0.1, 0.15) is 16.7 Å². The summed E-state index contributed by atoms with van der Waals surface area (Å²) in [5.74, 6) is -1.73. The van der Waals surface area contributed by atoms with Crippen molar-refractivity contribution in [2.45, 2.75) is 12.8 Å². The zero-order valence-corrected chi connectivity index (χ0v) is 18.7. The van der Waals surface area contributed by atoms with Crippen molar-refractivity contribution in [1.82, 2.24) is 5.43 Å². The Balaban J connectivity index is 1.49. The number of alkyl halides is 3. The summed E-state index contributed by atoms with van der Waals surface area (Å²) in [6, 6.07) is 15.8. The number of nitrogens with one attached hydrogen (secondary N) is 2. The summed E-state index contributed by atoms with van der Waals surface area (Å²) >= 11 is 11.9. The third-order valence-electron chi connectivity index (χ3n) is 4.30. The van der Waals surface area contributed by atoms with Gasteiger partial charge in [-0.2, -0.15) is 18.3 Å². The predicted octanol–water partition coefficient (Wildman–Crippen LogP) is 5.68. The van der Waals surface area contributed by atoms with E-state index in [1.807, 2.05) is 5.43 Å². The molecule has 0 fully saturated rings. The average Bonchev–Trinajstić information content (AvgIpc) is 2.80. The maximum atomic E-state index is 12.7. The molecule has 0 spiro atoms. The normalized spacial score (nSPS) is 11.3. The largest absolute Gasteiger partial charge is 0.489 e. The van der Waals surface area contributed by atoms with Gasteiger partial charge in [0.2, 0.25) is 0 Å². The van der Waals surface area contributed by atoms with Gasteiger partial charge < -0.3 is 10.1 Å². The molecule has 0 aliphatic carbocycles. The van der Waals surface area contributed by atoms with Crippen LogP contribution in [0.2, 0.25) is 10.0 Å². The van der Waals surface area contributed by atoms with Gasteiger partial charge in [0.15, 0.2) is 0 Å². The standard InChI is InChI=1S/C23H16Cl2F3N3O3/c24-19-9-6-15(10-20(19)25)13-34-18-7-4-14(5-8-18)12-29-31-22(33)21(32)30-17-3-1-2-16(11-17)23(26,27)28/h1-12H,13H2,(H,30,32)(H,31,33)/b29-12-. The van der Waals surface area contributed by atoms with Gasteiger partial charge in [0.05, 0.1) is 21.8 Å². The monoisotopic (exact) mass is 509 g/mol. The summed E-state index contributed by atoms with van der Waals surface area (Å²) < 4.78 is 43.9. The SMILES string of the molecule is O=C(N/N=C\c1ccc(OCc2ccc(Cl)c(Cl)c2)cc1)C(=O)Nc1cccc(C(F)(F)F)c1. The van der Waals surface area contributed by atoms with Gasteiger partial charge in [0, 0.05) is 5.69 Å². The van der Waals surface area contributed by atoms with Crippen LogP contribution < -0.4 is 15.5 Å². The second kappa shape index (κ2) is 11.0. The van der Waals surface area contributed by atoms with Crippen LogP contribution in [0.4, 0.5) is 18.9 Å². The molecule has 0 aromatic heterocycles. The van der Waals surface area contributed by atoms with Crippen molar-refractivity contribution >= 4 is 46.9 Å². The zero-order valence-electron chi connectivity index (χ0n) is 17.2. The fraction of sp³-hybridized carbons (Fsp3) is 0.0870. The maximum absolute atomic E-state index is 12.7. The second-order valence-electron chi connectivity index (χ2n) is 6.84.